The van der Waals surface area contributed by atoms with E-state index in [-0.39, 0.29) is 36.0 Å². The van der Waals surface area contributed by atoms with Crippen molar-refractivity contribution >= 4 is 28.4 Å². The molecule has 6 rings (SSSR count). The van der Waals surface area contributed by atoms with Crippen LogP contribution < -0.4 is 10.6 Å². The Balaban J connectivity index is 1.43. The number of nitrogens with zero attached hydrogens (tertiary/aromatic N) is 3. The van der Waals surface area contributed by atoms with Crippen molar-refractivity contribution in [2.45, 2.75) is 25.3 Å². The standard InChI is InChI=1S/C27H23FN4O2/c28-19-6-8-20(9-7-19)32-23-11-10-21(14-18(23)16-30-32)31-24(33)15-22(27(12-13-27)26(29)34)25(31)17-4-2-1-3-5-17/h1-11,14,16,22,25H,12-13,15H2,(H2,29,34)/t22-,25+/m1/s1. The third kappa shape index (κ3) is 3.11. The highest BCUT2D eigenvalue weighted by Crippen LogP contribution is 2.61. The summed E-state index contributed by atoms with van der Waals surface area (Å²) < 4.78 is 15.1. The Hall–Kier alpha value is -4.00. The van der Waals surface area contributed by atoms with Gasteiger partial charge in [0.05, 0.1) is 28.9 Å². The summed E-state index contributed by atoms with van der Waals surface area (Å²) in [5, 5.41) is 5.34. The van der Waals surface area contributed by atoms with E-state index in [1.807, 2.05) is 53.4 Å². The van der Waals surface area contributed by atoms with Gasteiger partial charge in [0.15, 0.2) is 0 Å². The normalized spacial score (nSPS) is 21.2. The summed E-state index contributed by atoms with van der Waals surface area (Å²) in [4.78, 5) is 27.6. The molecule has 34 heavy (non-hydrogen) atoms. The van der Waals surface area contributed by atoms with Crippen LogP contribution in [0, 0.1) is 17.2 Å². The van der Waals surface area contributed by atoms with Gasteiger partial charge in [-0.2, -0.15) is 5.10 Å². The fourth-order valence-electron chi connectivity index (χ4n) is 5.46. The second-order valence-corrected chi connectivity index (χ2v) is 9.23. The van der Waals surface area contributed by atoms with Crippen molar-refractivity contribution in [3.63, 3.8) is 0 Å². The van der Waals surface area contributed by atoms with Crippen molar-refractivity contribution in [2.24, 2.45) is 17.1 Å². The Kier molecular flexibility index (Phi) is 4.55. The van der Waals surface area contributed by atoms with E-state index in [2.05, 4.69) is 5.10 Å². The first kappa shape index (κ1) is 20.6. The Morgan fingerprint density at radius 3 is 2.38 bits per heavy atom. The summed E-state index contributed by atoms with van der Waals surface area (Å²) in [5.74, 6) is -0.806. The van der Waals surface area contributed by atoms with Crippen LogP contribution in [0.4, 0.5) is 10.1 Å². The minimum Gasteiger partial charge on any atom is -0.369 e. The van der Waals surface area contributed by atoms with Crippen molar-refractivity contribution in [1.29, 1.82) is 0 Å². The molecule has 2 heterocycles. The summed E-state index contributed by atoms with van der Waals surface area (Å²) in [6.07, 6.45) is 3.47. The average Bonchev–Trinajstić information content (AvgIpc) is 3.44. The van der Waals surface area contributed by atoms with Crippen LogP contribution in [0.25, 0.3) is 16.6 Å². The minimum absolute atomic E-state index is 0.0170. The van der Waals surface area contributed by atoms with Gasteiger partial charge in [-0.15, -0.1) is 0 Å². The van der Waals surface area contributed by atoms with Gasteiger partial charge in [-0.05, 0) is 60.9 Å². The van der Waals surface area contributed by atoms with Crippen LogP contribution in [0.15, 0.2) is 79.0 Å². The molecule has 4 aromatic rings. The highest BCUT2D eigenvalue weighted by molar-refractivity contribution is 6.00. The molecule has 1 saturated carbocycles. The van der Waals surface area contributed by atoms with E-state index >= 15 is 0 Å². The Bertz CT molecular complexity index is 1410. The fraction of sp³-hybridized carbons (Fsp3) is 0.222. The molecule has 7 heteroatoms. The summed E-state index contributed by atoms with van der Waals surface area (Å²) in [7, 11) is 0. The molecule has 2 N–H and O–H groups in total. The predicted molar refractivity (Wildman–Crippen MR) is 127 cm³/mol. The van der Waals surface area contributed by atoms with Gasteiger partial charge >= 0.3 is 0 Å². The van der Waals surface area contributed by atoms with Crippen LogP contribution in [-0.2, 0) is 9.59 Å². The number of fused-ring (bicyclic) bond motifs is 1. The topological polar surface area (TPSA) is 81.2 Å². The van der Waals surface area contributed by atoms with E-state index in [1.54, 1.807) is 23.0 Å². The number of hydrogen-bond acceptors (Lipinski definition) is 3. The van der Waals surface area contributed by atoms with Crippen molar-refractivity contribution in [2.75, 3.05) is 4.90 Å². The number of carbonyl (C=O) groups is 2. The van der Waals surface area contributed by atoms with Crippen LogP contribution in [0.5, 0.6) is 0 Å². The highest BCUT2D eigenvalue weighted by atomic mass is 19.1. The first-order valence-corrected chi connectivity index (χ1v) is 11.4. The fourth-order valence-corrected chi connectivity index (χ4v) is 5.46. The maximum Gasteiger partial charge on any atom is 0.227 e. The Morgan fingerprint density at radius 2 is 1.71 bits per heavy atom. The molecule has 170 valence electrons. The van der Waals surface area contributed by atoms with Gasteiger partial charge in [0.25, 0.3) is 0 Å². The van der Waals surface area contributed by atoms with E-state index in [4.69, 9.17) is 5.73 Å². The second-order valence-electron chi connectivity index (χ2n) is 9.23. The molecule has 2 fully saturated rings. The van der Waals surface area contributed by atoms with E-state index in [0.29, 0.717) is 0 Å². The zero-order valence-electron chi connectivity index (χ0n) is 18.4. The van der Waals surface area contributed by atoms with Gasteiger partial charge in [-0.1, -0.05) is 30.3 Å². The van der Waals surface area contributed by atoms with Gasteiger partial charge in [-0.25, -0.2) is 9.07 Å². The molecular weight excluding hydrogens is 431 g/mol. The number of primary amides is 1. The molecule has 6 nitrogen and oxygen atoms in total. The lowest BCUT2D eigenvalue weighted by atomic mass is 9.79. The molecule has 1 aliphatic heterocycles. The number of nitrogens with two attached hydrogens (primary N) is 1. The largest absolute Gasteiger partial charge is 0.369 e. The van der Waals surface area contributed by atoms with Gasteiger partial charge in [-0.3, -0.25) is 9.59 Å². The summed E-state index contributed by atoms with van der Waals surface area (Å²) in [6, 6.07) is 21.5. The third-order valence-corrected chi connectivity index (χ3v) is 7.35. The van der Waals surface area contributed by atoms with E-state index < -0.39 is 5.41 Å². The van der Waals surface area contributed by atoms with E-state index in [1.165, 1.54) is 12.1 Å². The number of aromatic nitrogens is 2. The summed E-state index contributed by atoms with van der Waals surface area (Å²) in [5.41, 5.74) is 8.55. The molecule has 0 bridgehead atoms. The van der Waals surface area contributed by atoms with Crippen molar-refractivity contribution in [3.05, 3.63) is 90.4 Å². The molecule has 1 saturated heterocycles. The van der Waals surface area contributed by atoms with E-state index in [9.17, 15) is 14.0 Å². The predicted octanol–water partition coefficient (Wildman–Crippen LogP) is 4.52. The van der Waals surface area contributed by atoms with Crippen molar-refractivity contribution < 1.29 is 14.0 Å². The maximum absolute atomic E-state index is 13.4. The molecule has 0 unspecified atom stereocenters. The number of anilines is 1. The van der Waals surface area contributed by atoms with Gasteiger partial charge in [0, 0.05) is 23.4 Å². The average molecular weight is 455 g/mol. The molecule has 0 radical (unpaired) electrons. The van der Waals surface area contributed by atoms with Gasteiger partial charge < -0.3 is 10.6 Å². The molecule has 0 spiro atoms. The van der Waals surface area contributed by atoms with Crippen LogP contribution in [-0.4, -0.2) is 21.6 Å². The van der Waals surface area contributed by atoms with Crippen LogP contribution >= 0.6 is 0 Å². The Labute approximate surface area is 195 Å². The number of benzene rings is 3. The lowest BCUT2D eigenvalue weighted by Gasteiger charge is -2.32. The number of hydrogen-bond donors (Lipinski definition) is 1. The van der Waals surface area contributed by atoms with Crippen LogP contribution in [0.2, 0.25) is 0 Å². The van der Waals surface area contributed by atoms with Crippen LogP contribution in [0.3, 0.4) is 0 Å². The first-order valence-electron chi connectivity index (χ1n) is 11.4. The molecule has 2 amide bonds. The number of rotatable bonds is 5. The third-order valence-electron chi connectivity index (χ3n) is 7.35. The second kappa shape index (κ2) is 7.52. The molecule has 2 atom stereocenters. The monoisotopic (exact) mass is 454 g/mol. The lowest BCUT2D eigenvalue weighted by Crippen LogP contribution is -2.36. The van der Waals surface area contributed by atoms with E-state index in [0.717, 1.165) is 40.7 Å². The lowest BCUT2D eigenvalue weighted by molar-refractivity contribution is -0.125. The van der Waals surface area contributed by atoms with Crippen molar-refractivity contribution in [3.8, 4) is 5.69 Å². The number of amides is 2. The quantitative estimate of drug-likeness (QED) is 0.481. The zero-order valence-corrected chi connectivity index (χ0v) is 18.4. The van der Waals surface area contributed by atoms with Crippen LogP contribution in [0.1, 0.15) is 30.9 Å². The van der Waals surface area contributed by atoms with Gasteiger partial charge in [0.2, 0.25) is 11.8 Å². The molecule has 2 aliphatic rings. The first-order chi connectivity index (χ1) is 16.5. The highest BCUT2D eigenvalue weighted by Gasteiger charge is 2.61. The van der Waals surface area contributed by atoms with Gasteiger partial charge in [0.1, 0.15) is 5.82 Å². The maximum atomic E-state index is 13.4. The molecule has 1 aromatic heterocycles. The number of carbonyl (C=O) groups excluding carboxylic acids is 2. The smallest absolute Gasteiger partial charge is 0.227 e. The molecule has 1 aliphatic carbocycles. The Morgan fingerprint density at radius 1 is 1.00 bits per heavy atom. The number of halogens is 1. The molecule has 3 aromatic carbocycles. The summed E-state index contributed by atoms with van der Waals surface area (Å²) >= 11 is 0. The SMILES string of the molecule is NC(=O)C1([C@@H]2CC(=O)N(c3ccc4c(cnn4-c4ccc(F)cc4)c3)[C@H]2c2ccccc2)CC1. The zero-order chi connectivity index (χ0) is 23.4. The minimum atomic E-state index is -0.623. The molecular formula is C27H23FN4O2. The van der Waals surface area contributed by atoms with Crippen molar-refractivity contribution in [1.82, 2.24) is 9.78 Å². The summed E-state index contributed by atoms with van der Waals surface area (Å²) in [6.45, 7) is 0.